The molecule has 0 aliphatic heterocycles. The van der Waals surface area contributed by atoms with Crippen molar-refractivity contribution < 1.29 is 14.7 Å². The molecule has 0 aliphatic rings. The molecular formula is C15H15N3O3. The first-order valence-electron chi connectivity index (χ1n) is 6.34. The molecule has 1 aromatic carbocycles. The monoisotopic (exact) mass is 285 g/mol. The van der Waals surface area contributed by atoms with Gasteiger partial charge >= 0.3 is 5.97 Å². The predicted molar refractivity (Wildman–Crippen MR) is 77.6 cm³/mol. The number of carbonyl (C=O) groups excluding carboxylic acids is 1. The van der Waals surface area contributed by atoms with E-state index in [1.54, 1.807) is 36.5 Å². The zero-order valence-corrected chi connectivity index (χ0v) is 11.2. The van der Waals surface area contributed by atoms with Crippen LogP contribution >= 0.6 is 0 Å². The van der Waals surface area contributed by atoms with Gasteiger partial charge in [0.15, 0.2) is 0 Å². The Morgan fingerprint density at radius 3 is 2.71 bits per heavy atom. The molecule has 2 rings (SSSR count). The molecule has 6 heteroatoms. The number of nitrogens with one attached hydrogen (secondary N) is 1. The second kappa shape index (κ2) is 6.51. The van der Waals surface area contributed by atoms with E-state index in [1.807, 2.05) is 0 Å². The maximum absolute atomic E-state index is 12.2. The van der Waals surface area contributed by atoms with Crippen molar-refractivity contribution in [1.29, 1.82) is 0 Å². The number of hydrogen-bond donors (Lipinski definition) is 3. The minimum Gasteiger partial charge on any atom is -0.481 e. The summed E-state index contributed by atoms with van der Waals surface area (Å²) >= 11 is 0. The summed E-state index contributed by atoms with van der Waals surface area (Å²) in [4.78, 5) is 27.1. The van der Waals surface area contributed by atoms with Crippen molar-refractivity contribution in [2.75, 3.05) is 5.73 Å². The molecule has 21 heavy (non-hydrogen) atoms. The van der Waals surface area contributed by atoms with Gasteiger partial charge in [-0.05, 0) is 29.8 Å². The molecule has 1 amide bonds. The summed E-state index contributed by atoms with van der Waals surface area (Å²) in [6.07, 6.45) is 2.90. The lowest BCUT2D eigenvalue weighted by Gasteiger charge is -2.17. The predicted octanol–water partition coefficient (Wildman–Crippen LogP) is 1.61. The number of aliphatic carboxylic acids is 1. The maximum Gasteiger partial charge on any atom is 0.305 e. The number of nitrogens with two attached hydrogens (primary N) is 1. The number of carboxylic acid groups (broad SMARTS) is 1. The Morgan fingerprint density at radius 2 is 2.10 bits per heavy atom. The highest BCUT2D eigenvalue weighted by atomic mass is 16.4. The zero-order chi connectivity index (χ0) is 15.2. The van der Waals surface area contributed by atoms with Crippen molar-refractivity contribution >= 4 is 17.6 Å². The minimum atomic E-state index is -1.00. The maximum atomic E-state index is 12.2. The Balaban J connectivity index is 2.19. The van der Waals surface area contributed by atoms with E-state index in [-0.39, 0.29) is 12.3 Å². The molecule has 1 unspecified atom stereocenters. The van der Waals surface area contributed by atoms with Crippen LogP contribution in [0.2, 0.25) is 0 Å². The first kappa shape index (κ1) is 14.5. The smallest absolute Gasteiger partial charge is 0.305 e. The normalized spacial score (nSPS) is 11.6. The number of pyridine rings is 1. The molecule has 4 N–H and O–H groups in total. The van der Waals surface area contributed by atoms with Crippen molar-refractivity contribution in [1.82, 2.24) is 10.3 Å². The van der Waals surface area contributed by atoms with Gasteiger partial charge in [0.2, 0.25) is 0 Å². The van der Waals surface area contributed by atoms with Crippen LogP contribution in [0.1, 0.15) is 28.4 Å². The van der Waals surface area contributed by atoms with Gasteiger partial charge in [-0.2, -0.15) is 0 Å². The van der Waals surface area contributed by atoms with Crippen molar-refractivity contribution in [3.8, 4) is 0 Å². The van der Waals surface area contributed by atoms with Gasteiger partial charge in [0.25, 0.3) is 5.91 Å². The van der Waals surface area contributed by atoms with Gasteiger partial charge in [0.1, 0.15) is 0 Å². The van der Waals surface area contributed by atoms with Crippen molar-refractivity contribution in [3.63, 3.8) is 0 Å². The summed E-state index contributed by atoms with van der Waals surface area (Å²) in [5, 5.41) is 11.7. The highest BCUT2D eigenvalue weighted by Crippen LogP contribution is 2.17. The number of rotatable bonds is 5. The fourth-order valence-electron chi connectivity index (χ4n) is 1.93. The van der Waals surface area contributed by atoms with E-state index >= 15 is 0 Å². The number of benzene rings is 1. The minimum absolute atomic E-state index is 0.222. The van der Waals surface area contributed by atoms with Crippen LogP contribution < -0.4 is 11.1 Å². The van der Waals surface area contributed by atoms with Gasteiger partial charge in [0, 0.05) is 23.6 Å². The fraction of sp³-hybridized carbons (Fsp3) is 0.133. The van der Waals surface area contributed by atoms with E-state index < -0.39 is 12.0 Å². The lowest BCUT2D eigenvalue weighted by molar-refractivity contribution is -0.137. The van der Waals surface area contributed by atoms with E-state index in [9.17, 15) is 9.59 Å². The number of nitrogen functional groups attached to an aromatic ring is 1. The van der Waals surface area contributed by atoms with E-state index in [0.29, 0.717) is 16.8 Å². The van der Waals surface area contributed by atoms with Gasteiger partial charge in [-0.25, -0.2) is 0 Å². The quantitative estimate of drug-likeness (QED) is 0.724. The molecule has 0 bridgehead atoms. The van der Waals surface area contributed by atoms with Gasteiger partial charge in [-0.15, -0.1) is 0 Å². The van der Waals surface area contributed by atoms with Crippen LogP contribution in [0.25, 0.3) is 0 Å². The molecule has 1 atom stereocenters. The summed E-state index contributed by atoms with van der Waals surface area (Å²) in [5.74, 6) is -1.38. The third-order valence-electron chi connectivity index (χ3n) is 2.92. The van der Waals surface area contributed by atoms with Crippen LogP contribution in [0.3, 0.4) is 0 Å². The number of carboxylic acids is 1. The average Bonchev–Trinajstić information content (AvgIpc) is 2.47. The molecule has 0 fully saturated rings. The Labute approximate surface area is 121 Å². The summed E-state index contributed by atoms with van der Waals surface area (Å²) < 4.78 is 0. The SMILES string of the molecule is Nc1cccc(C(=O)NC(CC(=O)O)c2cccnc2)c1. The molecule has 0 radical (unpaired) electrons. The molecule has 0 saturated heterocycles. The van der Waals surface area contributed by atoms with E-state index in [1.165, 1.54) is 12.3 Å². The van der Waals surface area contributed by atoms with Crippen LogP contribution in [0.15, 0.2) is 48.8 Å². The molecule has 0 spiro atoms. The van der Waals surface area contributed by atoms with Crippen LogP contribution in [0, 0.1) is 0 Å². The first-order chi connectivity index (χ1) is 10.1. The summed E-state index contributed by atoms with van der Waals surface area (Å²) in [5.41, 5.74) is 7.13. The Morgan fingerprint density at radius 1 is 1.29 bits per heavy atom. The van der Waals surface area contributed by atoms with Crippen molar-refractivity contribution in [2.45, 2.75) is 12.5 Å². The Hall–Kier alpha value is -2.89. The number of amides is 1. The number of hydrogen-bond acceptors (Lipinski definition) is 4. The molecule has 2 aromatic rings. The third kappa shape index (κ3) is 4.04. The van der Waals surface area contributed by atoms with Gasteiger partial charge in [0.05, 0.1) is 12.5 Å². The topological polar surface area (TPSA) is 105 Å². The van der Waals surface area contributed by atoms with E-state index in [4.69, 9.17) is 10.8 Å². The second-order valence-electron chi connectivity index (χ2n) is 4.54. The zero-order valence-electron chi connectivity index (χ0n) is 11.2. The fourth-order valence-corrected chi connectivity index (χ4v) is 1.93. The average molecular weight is 285 g/mol. The number of aromatic nitrogens is 1. The van der Waals surface area contributed by atoms with Crippen LogP contribution in [0.5, 0.6) is 0 Å². The van der Waals surface area contributed by atoms with Crippen LogP contribution in [0.4, 0.5) is 5.69 Å². The largest absolute Gasteiger partial charge is 0.481 e. The molecule has 1 aromatic heterocycles. The summed E-state index contributed by atoms with van der Waals surface area (Å²) in [6, 6.07) is 9.26. The first-order valence-corrected chi connectivity index (χ1v) is 6.34. The lowest BCUT2D eigenvalue weighted by atomic mass is 10.0. The van der Waals surface area contributed by atoms with Gasteiger partial charge in [-0.1, -0.05) is 12.1 Å². The number of nitrogens with zero attached hydrogens (tertiary/aromatic N) is 1. The van der Waals surface area contributed by atoms with Gasteiger partial charge < -0.3 is 16.2 Å². The van der Waals surface area contributed by atoms with Gasteiger partial charge in [-0.3, -0.25) is 14.6 Å². The molecular weight excluding hydrogens is 270 g/mol. The van der Waals surface area contributed by atoms with Crippen molar-refractivity contribution in [3.05, 3.63) is 59.9 Å². The molecule has 0 saturated carbocycles. The lowest BCUT2D eigenvalue weighted by Crippen LogP contribution is -2.30. The highest BCUT2D eigenvalue weighted by molar-refractivity contribution is 5.95. The Bertz CT molecular complexity index is 644. The molecule has 0 aliphatic carbocycles. The molecule has 1 heterocycles. The third-order valence-corrected chi connectivity index (χ3v) is 2.92. The van der Waals surface area contributed by atoms with Crippen molar-refractivity contribution in [2.24, 2.45) is 0 Å². The number of anilines is 1. The van der Waals surface area contributed by atoms with E-state index in [0.717, 1.165) is 0 Å². The summed E-state index contributed by atoms with van der Waals surface area (Å²) in [6.45, 7) is 0. The molecule has 108 valence electrons. The van der Waals surface area contributed by atoms with Crippen LogP contribution in [-0.2, 0) is 4.79 Å². The van der Waals surface area contributed by atoms with Crippen LogP contribution in [-0.4, -0.2) is 22.0 Å². The number of carbonyl (C=O) groups is 2. The summed E-state index contributed by atoms with van der Waals surface area (Å²) in [7, 11) is 0. The standard InChI is InChI=1S/C15H15N3O3/c16-12-5-1-3-10(7-12)15(21)18-13(8-14(19)20)11-4-2-6-17-9-11/h1-7,9,13H,8,16H2,(H,18,21)(H,19,20). The van der Waals surface area contributed by atoms with E-state index in [2.05, 4.69) is 10.3 Å². The molecule has 6 nitrogen and oxygen atoms in total. The second-order valence-corrected chi connectivity index (χ2v) is 4.54. The Kier molecular flexibility index (Phi) is 4.50. The highest BCUT2D eigenvalue weighted by Gasteiger charge is 2.19.